The van der Waals surface area contributed by atoms with Gasteiger partial charge in [0.05, 0.1) is 0 Å². The molecule has 1 saturated heterocycles. The van der Waals surface area contributed by atoms with Gasteiger partial charge < -0.3 is 10.2 Å². The molecule has 5 heteroatoms. The van der Waals surface area contributed by atoms with Gasteiger partial charge in [0, 0.05) is 30.8 Å². The van der Waals surface area contributed by atoms with Gasteiger partial charge in [-0.15, -0.1) is 0 Å². The van der Waals surface area contributed by atoms with Crippen molar-refractivity contribution in [2.45, 2.75) is 26.3 Å². The van der Waals surface area contributed by atoms with Gasteiger partial charge in [0.2, 0.25) is 5.91 Å². The molecule has 0 unspecified atom stereocenters. The Labute approximate surface area is 140 Å². The van der Waals surface area contributed by atoms with Crippen molar-refractivity contribution in [1.82, 2.24) is 4.90 Å². The molecule has 0 spiro atoms. The van der Waals surface area contributed by atoms with Crippen LogP contribution in [-0.4, -0.2) is 23.3 Å². The van der Waals surface area contributed by atoms with Crippen LogP contribution in [0.25, 0.3) is 0 Å². The number of nitrogens with one attached hydrogen (secondary N) is 1. The predicted octanol–water partition coefficient (Wildman–Crippen LogP) is 3.51. The summed E-state index contributed by atoms with van der Waals surface area (Å²) in [5, 5.41) is 2.80. The summed E-state index contributed by atoms with van der Waals surface area (Å²) in [4.78, 5) is 25.9. The van der Waals surface area contributed by atoms with Crippen LogP contribution in [0.5, 0.6) is 0 Å². The lowest BCUT2D eigenvalue weighted by molar-refractivity contribution is -0.128. The quantitative estimate of drug-likeness (QED) is 0.935. The normalized spacial score (nSPS) is 14.1. The highest BCUT2D eigenvalue weighted by molar-refractivity contribution is 6.04. The molecule has 1 aliphatic rings. The highest BCUT2D eigenvalue weighted by Gasteiger charge is 2.20. The number of carbonyl (C=O) groups excluding carboxylic acids is 2. The van der Waals surface area contributed by atoms with Crippen molar-refractivity contribution in [3.05, 3.63) is 65.0 Å². The zero-order chi connectivity index (χ0) is 17.1. The topological polar surface area (TPSA) is 49.4 Å². The lowest BCUT2D eigenvalue weighted by Gasteiger charge is -2.16. The van der Waals surface area contributed by atoms with Gasteiger partial charge in [0.15, 0.2) is 0 Å². The Bertz CT molecular complexity index is 789. The van der Waals surface area contributed by atoms with Gasteiger partial charge >= 0.3 is 0 Å². The molecular weight excluding hydrogens is 307 g/mol. The van der Waals surface area contributed by atoms with Crippen LogP contribution in [0.2, 0.25) is 0 Å². The highest BCUT2D eigenvalue weighted by Crippen LogP contribution is 2.18. The molecule has 1 N–H and O–H groups in total. The Morgan fingerprint density at radius 2 is 2.08 bits per heavy atom. The van der Waals surface area contributed by atoms with E-state index in [2.05, 4.69) is 5.32 Å². The Morgan fingerprint density at radius 3 is 2.79 bits per heavy atom. The molecule has 0 bridgehead atoms. The van der Waals surface area contributed by atoms with Crippen LogP contribution in [0.1, 0.15) is 34.3 Å². The second kappa shape index (κ2) is 6.83. The third kappa shape index (κ3) is 3.62. The summed E-state index contributed by atoms with van der Waals surface area (Å²) in [5.41, 5.74) is 2.69. The minimum atomic E-state index is -0.331. The second-order valence-corrected chi connectivity index (χ2v) is 6.03. The summed E-state index contributed by atoms with van der Waals surface area (Å²) in [6.07, 6.45) is 1.49. The van der Waals surface area contributed by atoms with Crippen molar-refractivity contribution in [3.8, 4) is 0 Å². The average molecular weight is 326 g/mol. The Morgan fingerprint density at radius 1 is 1.25 bits per heavy atom. The number of carbonyl (C=O) groups is 2. The van der Waals surface area contributed by atoms with E-state index in [1.807, 2.05) is 12.1 Å². The van der Waals surface area contributed by atoms with Crippen LogP contribution in [0.4, 0.5) is 10.1 Å². The van der Waals surface area contributed by atoms with Crippen molar-refractivity contribution in [2.75, 3.05) is 11.9 Å². The number of likely N-dealkylation sites (tertiary alicyclic amines) is 1. The maximum Gasteiger partial charge on any atom is 0.255 e. The third-order valence-electron chi connectivity index (χ3n) is 4.17. The molecule has 0 aliphatic carbocycles. The van der Waals surface area contributed by atoms with E-state index < -0.39 is 0 Å². The molecule has 0 saturated carbocycles. The fourth-order valence-corrected chi connectivity index (χ4v) is 2.86. The van der Waals surface area contributed by atoms with Gasteiger partial charge in [-0.3, -0.25) is 9.59 Å². The monoisotopic (exact) mass is 326 g/mol. The minimum Gasteiger partial charge on any atom is -0.338 e. The summed E-state index contributed by atoms with van der Waals surface area (Å²) >= 11 is 0. The van der Waals surface area contributed by atoms with Gasteiger partial charge in [-0.25, -0.2) is 4.39 Å². The van der Waals surface area contributed by atoms with Crippen molar-refractivity contribution in [3.63, 3.8) is 0 Å². The number of hydrogen-bond acceptors (Lipinski definition) is 2. The first-order valence-electron chi connectivity index (χ1n) is 7.97. The zero-order valence-electron chi connectivity index (χ0n) is 13.5. The predicted molar refractivity (Wildman–Crippen MR) is 90.2 cm³/mol. The fourth-order valence-electron chi connectivity index (χ4n) is 2.86. The molecule has 24 heavy (non-hydrogen) atoms. The number of rotatable bonds is 4. The first kappa shape index (κ1) is 16.2. The standard InChI is InChI=1S/C19H19FN2O2/c1-13-10-16(20)7-8-17(13)21-19(24)15-5-2-4-14(11-15)12-22-9-3-6-18(22)23/h2,4-5,7-8,10-11H,3,6,9,12H2,1H3,(H,21,24). The molecule has 2 aromatic rings. The van der Waals surface area contributed by atoms with Crippen LogP contribution < -0.4 is 5.32 Å². The largest absolute Gasteiger partial charge is 0.338 e. The molecule has 2 aromatic carbocycles. The molecule has 2 amide bonds. The van der Waals surface area contributed by atoms with Crippen LogP contribution in [0.3, 0.4) is 0 Å². The number of benzene rings is 2. The second-order valence-electron chi connectivity index (χ2n) is 6.03. The smallest absolute Gasteiger partial charge is 0.255 e. The number of amides is 2. The summed E-state index contributed by atoms with van der Waals surface area (Å²) in [7, 11) is 0. The van der Waals surface area contributed by atoms with Crippen molar-refractivity contribution >= 4 is 17.5 Å². The number of hydrogen-bond donors (Lipinski definition) is 1. The number of aryl methyl sites for hydroxylation is 1. The number of anilines is 1. The number of nitrogens with zero attached hydrogens (tertiary/aromatic N) is 1. The molecule has 1 fully saturated rings. The van der Waals surface area contributed by atoms with Crippen molar-refractivity contribution in [2.24, 2.45) is 0 Å². The van der Waals surface area contributed by atoms with E-state index in [0.29, 0.717) is 29.8 Å². The maximum absolute atomic E-state index is 13.1. The van der Waals surface area contributed by atoms with E-state index in [4.69, 9.17) is 0 Å². The average Bonchev–Trinajstić information content (AvgIpc) is 2.95. The van der Waals surface area contributed by atoms with Gasteiger partial charge in [-0.1, -0.05) is 12.1 Å². The van der Waals surface area contributed by atoms with Crippen LogP contribution in [0.15, 0.2) is 42.5 Å². The molecule has 0 aromatic heterocycles. The summed E-state index contributed by atoms with van der Waals surface area (Å²) in [6, 6.07) is 11.5. The lowest BCUT2D eigenvalue weighted by Crippen LogP contribution is -2.24. The molecule has 1 heterocycles. The number of halogens is 1. The summed E-state index contributed by atoms with van der Waals surface area (Å²) < 4.78 is 13.1. The molecule has 0 radical (unpaired) electrons. The van der Waals surface area contributed by atoms with Gasteiger partial charge in [0.1, 0.15) is 5.82 Å². The minimum absolute atomic E-state index is 0.159. The van der Waals surface area contributed by atoms with Crippen LogP contribution >= 0.6 is 0 Å². The van der Waals surface area contributed by atoms with E-state index in [1.165, 1.54) is 12.1 Å². The zero-order valence-corrected chi connectivity index (χ0v) is 13.5. The molecule has 4 nitrogen and oxygen atoms in total. The molecule has 3 rings (SSSR count). The SMILES string of the molecule is Cc1cc(F)ccc1NC(=O)c1cccc(CN2CCCC2=O)c1. The van der Waals surface area contributed by atoms with E-state index >= 15 is 0 Å². The van der Waals surface area contributed by atoms with Crippen molar-refractivity contribution < 1.29 is 14.0 Å². The third-order valence-corrected chi connectivity index (χ3v) is 4.17. The first-order chi connectivity index (χ1) is 11.5. The van der Waals surface area contributed by atoms with Crippen LogP contribution in [-0.2, 0) is 11.3 Å². The molecule has 124 valence electrons. The highest BCUT2D eigenvalue weighted by atomic mass is 19.1. The van der Waals surface area contributed by atoms with Gasteiger partial charge in [-0.05, 0) is 54.8 Å². The fraction of sp³-hybridized carbons (Fsp3) is 0.263. The van der Waals surface area contributed by atoms with Crippen molar-refractivity contribution in [1.29, 1.82) is 0 Å². The summed E-state index contributed by atoms with van der Waals surface area (Å²) in [5.74, 6) is -0.422. The summed E-state index contributed by atoms with van der Waals surface area (Å²) in [6.45, 7) is 3.04. The first-order valence-corrected chi connectivity index (χ1v) is 7.97. The van der Waals surface area contributed by atoms with E-state index in [1.54, 1.807) is 30.0 Å². The Balaban J connectivity index is 1.73. The lowest BCUT2D eigenvalue weighted by atomic mass is 10.1. The Kier molecular flexibility index (Phi) is 4.60. The maximum atomic E-state index is 13.1. The van der Waals surface area contributed by atoms with Gasteiger partial charge in [-0.2, -0.15) is 0 Å². The molecular formula is C19H19FN2O2. The molecule has 0 atom stereocenters. The van der Waals surface area contributed by atoms with E-state index in [9.17, 15) is 14.0 Å². The van der Waals surface area contributed by atoms with Gasteiger partial charge in [0.25, 0.3) is 5.91 Å². The van der Waals surface area contributed by atoms with E-state index in [0.717, 1.165) is 18.5 Å². The van der Waals surface area contributed by atoms with Crippen LogP contribution in [0, 0.1) is 12.7 Å². The van der Waals surface area contributed by atoms with E-state index in [-0.39, 0.29) is 17.6 Å². The Hall–Kier alpha value is -2.69. The molecule has 1 aliphatic heterocycles.